The summed E-state index contributed by atoms with van der Waals surface area (Å²) in [7, 11) is 0. The zero-order chi connectivity index (χ0) is 13.3. The molecule has 0 spiro atoms. The summed E-state index contributed by atoms with van der Waals surface area (Å²) in [6.45, 7) is 7.00. The minimum absolute atomic E-state index is 0.00320. The van der Waals surface area contributed by atoms with Crippen molar-refractivity contribution in [1.29, 1.82) is 0 Å². The lowest BCUT2D eigenvalue weighted by Gasteiger charge is -2.14. The van der Waals surface area contributed by atoms with Gasteiger partial charge in [-0.1, -0.05) is 56.1 Å². The van der Waals surface area contributed by atoms with Gasteiger partial charge in [-0.3, -0.25) is 0 Å². The summed E-state index contributed by atoms with van der Waals surface area (Å²) in [5.41, 5.74) is 2.09. The Hall–Kier alpha value is -0.990. The van der Waals surface area contributed by atoms with Crippen LogP contribution in [-0.2, 0) is 12.0 Å². The highest BCUT2D eigenvalue weighted by Crippen LogP contribution is 2.24. The highest BCUT2D eigenvalue weighted by molar-refractivity contribution is 6.30. The molecule has 0 fully saturated rings. The molecule has 1 aromatic heterocycles. The summed E-state index contributed by atoms with van der Waals surface area (Å²) in [6, 6.07) is 9.65. The lowest BCUT2D eigenvalue weighted by molar-refractivity contribution is 0.545. The molecule has 0 bridgehead atoms. The van der Waals surface area contributed by atoms with Crippen LogP contribution in [0.4, 0.5) is 0 Å². The normalized spacial score (nSPS) is 11.8. The van der Waals surface area contributed by atoms with Crippen LogP contribution in [0.5, 0.6) is 0 Å². The molecule has 4 heteroatoms. The van der Waals surface area contributed by atoms with Crippen molar-refractivity contribution in [1.82, 2.24) is 9.78 Å². The van der Waals surface area contributed by atoms with Crippen LogP contribution in [0.3, 0.4) is 0 Å². The molecule has 0 atom stereocenters. The Bertz CT molecular complexity index is 553. The van der Waals surface area contributed by atoms with Gasteiger partial charge >= 0.3 is 0 Å². The Morgan fingerprint density at radius 2 is 1.89 bits per heavy atom. The van der Waals surface area contributed by atoms with Gasteiger partial charge < -0.3 is 0 Å². The third-order valence-corrected chi connectivity index (χ3v) is 3.26. The Labute approximate surface area is 118 Å². The molecule has 1 aromatic carbocycles. The molecule has 2 nitrogen and oxygen atoms in total. The average Bonchev–Trinajstić information content (AvgIpc) is 2.60. The number of benzene rings is 1. The predicted octanol–water partition coefficient (Wildman–Crippen LogP) is 4.54. The fourth-order valence-corrected chi connectivity index (χ4v) is 2.09. The number of hydrogen-bond donors (Lipinski definition) is 0. The summed E-state index contributed by atoms with van der Waals surface area (Å²) in [6.07, 6.45) is 0. The van der Waals surface area contributed by atoms with Gasteiger partial charge in [-0.15, -0.1) is 0 Å². The fourth-order valence-electron chi connectivity index (χ4n) is 1.68. The van der Waals surface area contributed by atoms with Crippen LogP contribution in [0.15, 0.2) is 30.3 Å². The maximum Gasteiger partial charge on any atom is 0.127 e. The second-order valence-electron chi connectivity index (χ2n) is 5.39. The maximum absolute atomic E-state index is 6.21. The molecular weight excluding hydrogens is 267 g/mol. The van der Waals surface area contributed by atoms with E-state index in [1.165, 1.54) is 0 Å². The van der Waals surface area contributed by atoms with Gasteiger partial charge in [0.15, 0.2) is 0 Å². The molecule has 0 aliphatic heterocycles. The molecule has 0 N–H and O–H groups in total. The van der Waals surface area contributed by atoms with E-state index in [0.29, 0.717) is 11.7 Å². The van der Waals surface area contributed by atoms with Crippen molar-refractivity contribution in [2.24, 2.45) is 0 Å². The van der Waals surface area contributed by atoms with Crippen LogP contribution in [0.1, 0.15) is 32.0 Å². The first-order chi connectivity index (χ1) is 8.36. The third kappa shape index (κ3) is 3.06. The molecule has 18 heavy (non-hydrogen) atoms. The van der Waals surface area contributed by atoms with Crippen LogP contribution in [0.2, 0.25) is 10.2 Å². The molecule has 2 aromatic rings. The van der Waals surface area contributed by atoms with E-state index in [9.17, 15) is 0 Å². The Balaban J connectivity index is 2.27. The summed E-state index contributed by atoms with van der Waals surface area (Å²) in [5.74, 6) is 0. The van der Waals surface area contributed by atoms with E-state index in [-0.39, 0.29) is 5.41 Å². The van der Waals surface area contributed by atoms with Gasteiger partial charge in [0, 0.05) is 10.4 Å². The van der Waals surface area contributed by atoms with Gasteiger partial charge in [0.1, 0.15) is 5.15 Å². The van der Waals surface area contributed by atoms with Gasteiger partial charge in [0.2, 0.25) is 0 Å². The van der Waals surface area contributed by atoms with Gasteiger partial charge in [0.05, 0.1) is 12.2 Å². The van der Waals surface area contributed by atoms with Crippen molar-refractivity contribution in [3.63, 3.8) is 0 Å². The topological polar surface area (TPSA) is 17.8 Å². The largest absolute Gasteiger partial charge is 0.249 e. The number of aromatic nitrogens is 2. The summed E-state index contributed by atoms with van der Waals surface area (Å²) < 4.78 is 1.80. The monoisotopic (exact) mass is 282 g/mol. The lowest BCUT2D eigenvalue weighted by atomic mass is 9.93. The standard InChI is InChI=1S/C14H16Cl2N2/c1-14(2,3)12-8-13(16)18(17-12)9-10-5-4-6-11(15)7-10/h4-8H,9H2,1-3H3. The van der Waals surface area contributed by atoms with Crippen molar-refractivity contribution in [2.75, 3.05) is 0 Å². The molecular formula is C14H16Cl2N2. The number of rotatable bonds is 2. The second kappa shape index (κ2) is 4.94. The van der Waals surface area contributed by atoms with E-state index in [0.717, 1.165) is 16.3 Å². The number of halogens is 2. The average molecular weight is 283 g/mol. The minimum atomic E-state index is 0.00320. The first kappa shape index (κ1) is 13.4. The van der Waals surface area contributed by atoms with Crippen molar-refractivity contribution >= 4 is 23.2 Å². The van der Waals surface area contributed by atoms with E-state index in [4.69, 9.17) is 23.2 Å². The van der Waals surface area contributed by atoms with Crippen LogP contribution in [-0.4, -0.2) is 9.78 Å². The van der Waals surface area contributed by atoms with Crippen molar-refractivity contribution in [2.45, 2.75) is 32.7 Å². The van der Waals surface area contributed by atoms with Crippen molar-refractivity contribution in [3.05, 3.63) is 51.8 Å². The number of nitrogens with zero attached hydrogens (tertiary/aromatic N) is 2. The molecule has 0 saturated carbocycles. The molecule has 0 radical (unpaired) electrons. The Kier molecular flexibility index (Phi) is 3.69. The third-order valence-electron chi connectivity index (χ3n) is 2.72. The van der Waals surface area contributed by atoms with E-state index < -0.39 is 0 Å². The molecule has 0 unspecified atom stereocenters. The molecule has 0 amide bonds. The predicted molar refractivity (Wildman–Crippen MR) is 76.5 cm³/mol. The first-order valence-corrected chi connectivity index (χ1v) is 6.60. The van der Waals surface area contributed by atoms with Crippen molar-refractivity contribution < 1.29 is 0 Å². The zero-order valence-electron chi connectivity index (χ0n) is 10.7. The van der Waals surface area contributed by atoms with Crippen LogP contribution < -0.4 is 0 Å². The summed E-state index contributed by atoms with van der Waals surface area (Å²) >= 11 is 12.2. The smallest absolute Gasteiger partial charge is 0.127 e. The lowest BCUT2D eigenvalue weighted by Crippen LogP contribution is -2.13. The first-order valence-electron chi connectivity index (χ1n) is 5.84. The summed E-state index contributed by atoms with van der Waals surface area (Å²) in [5, 5.41) is 5.93. The fraction of sp³-hybridized carbons (Fsp3) is 0.357. The van der Waals surface area contributed by atoms with Gasteiger partial charge in [-0.25, -0.2) is 4.68 Å². The minimum Gasteiger partial charge on any atom is -0.249 e. The molecule has 0 aliphatic carbocycles. The second-order valence-corrected chi connectivity index (χ2v) is 6.21. The molecule has 0 saturated heterocycles. The molecule has 0 aliphatic rings. The van der Waals surface area contributed by atoms with E-state index >= 15 is 0 Å². The highest BCUT2D eigenvalue weighted by atomic mass is 35.5. The Morgan fingerprint density at radius 1 is 1.17 bits per heavy atom. The van der Waals surface area contributed by atoms with Crippen LogP contribution >= 0.6 is 23.2 Å². The maximum atomic E-state index is 6.21. The van der Waals surface area contributed by atoms with Crippen LogP contribution in [0.25, 0.3) is 0 Å². The van der Waals surface area contributed by atoms with Crippen molar-refractivity contribution in [3.8, 4) is 0 Å². The van der Waals surface area contributed by atoms with E-state index in [1.807, 2.05) is 30.3 Å². The van der Waals surface area contributed by atoms with Gasteiger partial charge in [-0.05, 0) is 23.8 Å². The quantitative estimate of drug-likeness (QED) is 0.791. The number of hydrogen-bond acceptors (Lipinski definition) is 1. The highest BCUT2D eigenvalue weighted by Gasteiger charge is 2.19. The molecule has 96 valence electrons. The summed E-state index contributed by atoms with van der Waals surface area (Å²) in [4.78, 5) is 0. The SMILES string of the molecule is CC(C)(C)c1cc(Cl)n(Cc2cccc(Cl)c2)n1. The van der Waals surface area contributed by atoms with E-state index in [1.54, 1.807) is 4.68 Å². The Morgan fingerprint density at radius 3 is 2.44 bits per heavy atom. The van der Waals surface area contributed by atoms with Crippen LogP contribution in [0, 0.1) is 0 Å². The van der Waals surface area contributed by atoms with Gasteiger partial charge in [-0.2, -0.15) is 5.10 Å². The zero-order valence-corrected chi connectivity index (χ0v) is 12.3. The molecule has 2 rings (SSSR count). The molecule has 1 heterocycles. The van der Waals surface area contributed by atoms with Gasteiger partial charge in [0.25, 0.3) is 0 Å². The van der Waals surface area contributed by atoms with E-state index in [2.05, 4.69) is 25.9 Å².